The normalized spacial score (nSPS) is 11.4. The molecule has 0 radical (unpaired) electrons. The highest BCUT2D eigenvalue weighted by Gasteiger charge is 2.10. The van der Waals surface area contributed by atoms with E-state index in [-0.39, 0.29) is 4.90 Å². The van der Waals surface area contributed by atoms with E-state index in [0.29, 0.717) is 11.6 Å². The number of benzene rings is 2. The minimum atomic E-state index is -3.39. The Morgan fingerprint density at radius 2 is 1.81 bits per heavy atom. The van der Waals surface area contributed by atoms with Gasteiger partial charge in [-0.15, -0.1) is 0 Å². The molecule has 0 saturated heterocycles. The predicted molar refractivity (Wildman–Crippen MR) is 89.2 cm³/mol. The van der Waals surface area contributed by atoms with Gasteiger partial charge in [-0.25, -0.2) is 13.1 Å². The van der Waals surface area contributed by atoms with Gasteiger partial charge in [0.2, 0.25) is 10.0 Å². The van der Waals surface area contributed by atoms with Gasteiger partial charge in [0.05, 0.1) is 9.92 Å². The van der Waals surface area contributed by atoms with E-state index < -0.39 is 10.0 Å². The Morgan fingerprint density at radius 3 is 2.38 bits per heavy atom. The summed E-state index contributed by atoms with van der Waals surface area (Å²) < 4.78 is 26.4. The molecular weight excluding hydrogens is 376 g/mol. The zero-order valence-electron chi connectivity index (χ0n) is 11.2. The minimum Gasteiger partial charge on any atom is -0.381 e. The van der Waals surface area contributed by atoms with Crippen LogP contribution in [0, 0.1) is 0 Å². The first-order valence-electron chi connectivity index (χ1n) is 6.14. The summed E-state index contributed by atoms with van der Waals surface area (Å²) in [6.45, 7) is 0.619. The molecule has 2 rings (SSSR count). The first-order valence-corrected chi connectivity index (χ1v) is 8.79. The zero-order valence-corrected chi connectivity index (χ0v) is 14.4. The van der Waals surface area contributed by atoms with E-state index in [1.54, 1.807) is 24.3 Å². The van der Waals surface area contributed by atoms with Gasteiger partial charge in [0.25, 0.3) is 0 Å². The lowest BCUT2D eigenvalue weighted by molar-refractivity contribution is 0.588. The molecule has 0 amide bonds. The SMILES string of the molecule is CNS(=O)(=O)c1ccc(NCc2ccc(Cl)c(Br)c2)cc1. The van der Waals surface area contributed by atoms with Crippen LogP contribution in [0.4, 0.5) is 5.69 Å². The lowest BCUT2D eigenvalue weighted by atomic mass is 10.2. The fourth-order valence-corrected chi connectivity index (χ4v) is 3.00. The molecule has 0 saturated carbocycles. The Labute approximate surface area is 137 Å². The number of anilines is 1. The summed E-state index contributed by atoms with van der Waals surface area (Å²) in [5, 5.41) is 3.89. The molecule has 0 fully saturated rings. The largest absolute Gasteiger partial charge is 0.381 e. The van der Waals surface area contributed by atoms with Crippen molar-refractivity contribution in [2.75, 3.05) is 12.4 Å². The van der Waals surface area contributed by atoms with Crippen LogP contribution in [0.1, 0.15) is 5.56 Å². The van der Waals surface area contributed by atoms with Crippen LogP contribution >= 0.6 is 27.5 Å². The molecule has 0 unspecified atom stereocenters. The maximum absolute atomic E-state index is 11.6. The summed E-state index contributed by atoms with van der Waals surface area (Å²) in [5.41, 5.74) is 1.91. The van der Waals surface area contributed by atoms with Gasteiger partial charge in [-0.2, -0.15) is 0 Å². The highest BCUT2D eigenvalue weighted by molar-refractivity contribution is 9.10. The van der Waals surface area contributed by atoms with Crippen molar-refractivity contribution < 1.29 is 8.42 Å². The summed E-state index contributed by atoms with van der Waals surface area (Å²) in [7, 11) is -2.00. The number of sulfonamides is 1. The second-order valence-corrected chi connectivity index (χ2v) is 7.48. The van der Waals surface area contributed by atoms with Crippen LogP contribution in [-0.4, -0.2) is 15.5 Å². The van der Waals surface area contributed by atoms with Gasteiger partial charge < -0.3 is 5.32 Å². The Bertz CT molecular complexity index is 733. The summed E-state index contributed by atoms with van der Waals surface area (Å²) in [6, 6.07) is 12.3. The number of hydrogen-bond acceptors (Lipinski definition) is 3. The number of rotatable bonds is 5. The molecule has 2 aromatic rings. The van der Waals surface area contributed by atoms with Crippen LogP contribution in [0.5, 0.6) is 0 Å². The van der Waals surface area contributed by atoms with Gasteiger partial charge >= 0.3 is 0 Å². The summed E-state index contributed by atoms with van der Waals surface area (Å²) in [6.07, 6.45) is 0. The molecule has 2 aromatic carbocycles. The van der Waals surface area contributed by atoms with Crippen molar-refractivity contribution >= 4 is 43.2 Å². The molecule has 0 aliphatic heterocycles. The van der Waals surface area contributed by atoms with E-state index in [2.05, 4.69) is 26.0 Å². The van der Waals surface area contributed by atoms with Gasteiger partial charge in [-0.3, -0.25) is 0 Å². The number of hydrogen-bond donors (Lipinski definition) is 2. The second-order valence-electron chi connectivity index (χ2n) is 4.33. The summed E-state index contributed by atoms with van der Waals surface area (Å²) in [4.78, 5) is 0.241. The number of nitrogens with one attached hydrogen (secondary N) is 2. The molecule has 0 bridgehead atoms. The van der Waals surface area contributed by atoms with Crippen LogP contribution in [-0.2, 0) is 16.6 Å². The second kappa shape index (κ2) is 6.79. The maximum atomic E-state index is 11.6. The molecule has 0 heterocycles. The van der Waals surface area contributed by atoms with Crippen molar-refractivity contribution in [1.82, 2.24) is 4.72 Å². The Morgan fingerprint density at radius 1 is 1.14 bits per heavy atom. The number of halogens is 2. The smallest absolute Gasteiger partial charge is 0.240 e. The molecule has 0 aliphatic rings. The summed E-state index contributed by atoms with van der Waals surface area (Å²) >= 11 is 9.32. The topological polar surface area (TPSA) is 58.2 Å². The molecule has 21 heavy (non-hydrogen) atoms. The third-order valence-electron chi connectivity index (χ3n) is 2.91. The lowest BCUT2D eigenvalue weighted by Crippen LogP contribution is -2.18. The lowest BCUT2D eigenvalue weighted by Gasteiger charge is -2.09. The van der Waals surface area contributed by atoms with Gasteiger partial charge in [0.15, 0.2) is 0 Å². The fourth-order valence-electron chi connectivity index (χ4n) is 1.72. The molecule has 2 N–H and O–H groups in total. The van der Waals surface area contributed by atoms with Gasteiger partial charge in [0, 0.05) is 16.7 Å². The molecule has 0 atom stereocenters. The monoisotopic (exact) mass is 388 g/mol. The maximum Gasteiger partial charge on any atom is 0.240 e. The van der Waals surface area contributed by atoms with Crippen molar-refractivity contribution in [2.45, 2.75) is 11.4 Å². The Balaban J connectivity index is 2.05. The average Bonchev–Trinajstić information content (AvgIpc) is 2.49. The molecule has 4 nitrogen and oxygen atoms in total. The van der Waals surface area contributed by atoms with Crippen LogP contribution in [0.25, 0.3) is 0 Å². The summed E-state index contributed by atoms with van der Waals surface area (Å²) in [5.74, 6) is 0. The third-order valence-corrected chi connectivity index (χ3v) is 5.56. The highest BCUT2D eigenvalue weighted by atomic mass is 79.9. The quantitative estimate of drug-likeness (QED) is 0.821. The van der Waals surface area contributed by atoms with Crippen LogP contribution in [0.3, 0.4) is 0 Å². The van der Waals surface area contributed by atoms with Crippen molar-refractivity contribution in [1.29, 1.82) is 0 Å². The van der Waals surface area contributed by atoms with E-state index in [9.17, 15) is 8.42 Å². The van der Waals surface area contributed by atoms with Crippen molar-refractivity contribution in [3.63, 3.8) is 0 Å². The molecule has 0 aromatic heterocycles. The fraction of sp³-hybridized carbons (Fsp3) is 0.143. The Hall–Kier alpha value is -1.08. The first kappa shape index (κ1) is 16.3. The first-order chi connectivity index (χ1) is 9.92. The van der Waals surface area contributed by atoms with E-state index in [1.807, 2.05) is 18.2 Å². The standard InChI is InChI=1S/C14H14BrClN2O2S/c1-17-21(19,20)12-5-3-11(4-6-12)18-9-10-2-7-14(16)13(15)8-10/h2-8,17-18H,9H2,1H3. The minimum absolute atomic E-state index is 0.241. The zero-order chi connectivity index (χ0) is 15.5. The molecule has 7 heteroatoms. The molecule has 0 spiro atoms. The third kappa shape index (κ3) is 4.20. The van der Waals surface area contributed by atoms with Gasteiger partial charge in [-0.05, 0) is 64.9 Å². The molecule has 0 aliphatic carbocycles. The van der Waals surface area contributed by atoms with Crippen molar-refractivity contribution in [3.8, 4) is 0 Å². The molecule has 112 valence electrons. The molecular formula is C14H14BrClN2O2S. The van der Waals surface area contributed by atoms with E-state index >= 15 is 0 Å². The highest BCUT2D eigenvalue weighted by Crippen LogP contribution is 2.23. The average molecular weight is 390 g/mol. The van der Waals surface area contributed by atoms with E-state index in [4.69, 9.17) is 11.6 Å². The van der Waals surface area contributed by atoms with E-state index in [0.717, 1.165) is 15.7 Å². The van der Waals surface area contributed by atoms with Crippen molar-refractivity contribution in [2.24, 2.45) is 0 Å². The van der Waals surface area contributed by atoms with E-state index in [1.165, 1.54) is 7.05 Å². The van der Waals surface area contributed by atoms with Crippen LogP contribution in [0.15, 0.2) is 51.8 Å². The van der Waals surface area contributed by atoms with Crippen LogP contribution in [0.2, 0.25) is 5.02 Å². The van der Waals surface area contributed by atoms with Crippen molar-refractivity contribution in [3.05, 3.63) is 57.5 Å². The Kier molecular flexibility index (Phi) is 5.27. The van der Waals surface area contributed by atoms with Gasteiger partial charge in [-0.1, -0.05) is 17.7 Å². The predicted octanol–water partition coefficient (Wildman–Crippen LogP) is 3.62. The van der Waals surface area contributed by atoms with Crippen LogP contribution < -0.4 is 10.0 Å². The van der Waals surface area contributed by atoms with Gasteiger partial charge in [0.1, 0.15) is 0 Å².